The van der Waals surface area contributed by atoms with Gasteiger partial charge in [-0.15, -0.1) is 0 Å². The smallest absolute Gasteiger partial charge is 0.262 e. The molecule has 3 aromatic rings. The lowest BCUT2D eigenvalue weighted by molar-refractivity contribution is -0.118. The summed E-state index contributed by atoms with van der Waals surface area (Å²) in [4.78, 5) is 16.8. The van der Waals surface area contributed by atoms with Gasteiger partial charge in [0.05, 0.1) is 10.2 Å². The maximum absolute atomic E-state index is 12.2. The molecule has 0 radical (unpaired) electrons. The molecular weight excluding hydrogens is 520 g/mol. The van der Waals surface area contributed by atoms with Gasteiger partial charge in [-0.1, -0.05) is 51.8 Å². The van der Waals surface area contributed by atoms with E-state index >= 15 is 0 Å². The second-order valence-electron chi connectivity index (χ2n) is 6.20. The largest absolute Gasteiger partial charge is 0.482 e. The number of ether oxygens (including phenoxy) is 1. The Morgan fingerprint density at radius 2 is 1.90 bits per heavy atom. The fourth-order valence-corrected chi connectivity index (χ4v) is 4.08. The Morgan fingerprint density at radius 1 is 1.14 bits per heavy atom. The van der Waals surface area contributed by atoms with Crippen molar-refractivity contribution in [1.29, 1.82) is 0 Å². The van der Waals surface area contributed by atoms with Gasteiger partial charge < -0.3 is 10.1 Å². The maximum atomic E-state index is 12.2. The van der Waals surface area contributed by atoms with E-state index in [0.29, 0.717) is 20.9 Å². The molecule has 0 unspecified atom stereocenters. The molecule has 0 aliphatic heterocycles. The molecule has 0 spiro atoms. The molecule has 3 aromatic carbocycles. The van der Waals surface area contributed by atoms with Gasteiger partial charge in [0.2, 0.25) is 0 Å². The fraction of sp³-hybridized carbons (Fsp3) is 0.0909. The number of carbonyl (C=O) groups excluding carboxylic acids is 1. The molecule has 3 rings (SSSR count). The summed E-state index contributed by atoms with van der Waals surface area (Å²) in [5, 5.41) is 3.42. The lowest BCUT2D eigenvalue weighted by Crippen LogP contribution is -2.20. The van der Waals surface area contributed by atoms with Crippen molar-refractivity contribution in [1.82, 2.24) is 0 Å². The van der Waals surface area contributed by atoms with Crippen LogP contribution < -0.4 is 10.1 Å². The number of carbonyl (C=O) groups is 1. The number of hydrogen-bond donors (Lipinski definition) is 1. The van der Waals surface area contributed by atoms with Gasteiger partial charge >= 0.3 is 0 Å². The third-order valence-corrected chi connectivity index (χ3v) is 5.24. The zero-order valence-electron chi connectivity index (χ0n) is 15.5. The van der Waals surface area contributed by atoms with Crippen molar-refractivity contribution in [2.75, 3.05) is 11.9 Å². The Kier molecular flexibility index (Phi) is 7.47. The minimum Gasteiger partial charge on any atom is -0.482 e. The highest BCUT2D eigenvalue weighted by Gasteiger charge is 2.12. The molecule has 148 valence electrons. The Bertz CT molecular complexity index is 1060. The summed E-state index contributed by atoms with van der Waals surface area (Å²) >= 11 is 13.0. The number of halogens is 3. The third kappa shape index (κ3) is 6.16. The van der Waals surface area contributed by atoms with Crippen molar-refractivity contribution in [3.63, 3.8) is 0 Å². The molecule has 1 amide bonds. The molecule has 29 heavy (non-hydrogen) atoms. The summed E-state index contributed by atoms with van der Waals surface area (Å²) in [6.07, 6.45) is 1.69. The number of aryl methyl sites for hydroxylation is 1. The maximum Gasteiger partial charge on any atom is 0.262 e. The molecule has 0 saturated heterocycles. The summed E-state index contributed by atoms with van der Waals surface area (Å²) in [7, 11) is 0. The molecule has 4 nitrogen and oxygen atoms in total. The van der Waals surface area contributed by atoms with Gasteiger partial charge in [0.15, 0.2) is 6.61 Å². The summed E-state index contributed by atoms with van der Waals surface area (Å²) in [5.74, 6) is 0.277. The van der Waals surface area contributed by atoms with E-state index in [9.17, 15) is 4.79 Å². The van der Waals surface area contributed by atoms with E-state index < -0.39 is 0 Å². The molecule has 1 N–H and O–H groups in total. The fourth-order valence-electron chi connectivity index (χ4n) is 2.55. The van der Waals surface area contributed by atoms with Crippen LogP contribution in [0.25, 0.3) is 0 Å². The average molecular weight is 537 g/mol. The summed E-state index contributed by atoms with van der Waals surface area (Å²) in [5.41, 5.74) is 3.21. The first-order chi connectivity index (χ1) is 13.9. The van der Waals surface area contributed by atoms with Gasteiger partial charge in [0, 0.05) is 27.0 Å². The predicted molar refractivity (Wildman–Crippen MR) is 126 cm³/mol. The Morgan fingerprint density at radius 3 is 2.66 bits per heavy atom. The minimum atomic E-state index is -0.250. The summed E-state index contributed by atoms with van der Waals surface area (Å²) in [6, 6.07) is 18.5. The lowest BCUT2D eigenvalue weighted by atomic mass is 10.2. The quantitative estimate of drug-likeness (QED) is 0.347. The third-order valence-electron chi connectivity index (χ3n) is 3.96. The highest BCUT2D eigenvalue weighted by molar-refractivity contribution is 9.11. The minimum absolute atomic E-state index is 0.133. The van der Waals surface area contributed by atoms with Crippen LogP contribution >= 0.6 is 43.5 Å². The molecule has 0 aliphatic carbocycles. The Labute approximate surface area is 191 Å². The molecule has 0 bridgehead atoms. The number of hydrogen-bond acceptors (Lipinski definition) is 3. The molecule has 0 aliphatic rings. The van der Waals surface area contributed by atoms with Gasteiger partial charge in [-0.3, -0.25) is 9.79 Å². The number of nitrogens with zero attached hydrogens (tertiary/aromatic N) is 1. The van der Waals surface area contributed by atoms with Gasteiger partial charge in [0.1, 0.15) is 5.75 Å². The van der Waals surface area contributed by atoms with Crippen molar-refractivity contribution >= 4 is 67.0 Å². The Hall–Kier alpha value is -2.15. The zero-order chi connectivity index (χ0) is 20.8. The van der Waals surface area contributed by atoms with E-state index in [1.807, 2.05) is 61.5 Å². The number of benzene rings is 3. The van der Waals surface area contributed by atoms with Gasteiger partial charge in [0.25, 0.3) is 5.91 Å². The van der Waals surface area contributed by atoms with Crippen LogP contribution in [0.15, 0.2) is 74.6 Å². The van der Waals surface area contributed by atoms with Crippen LogP contribution in [0.1, 0.15) is 11.1 Å². The van der Waals surface area contributed by atoms with Crippen LogP contribution in [0.5, 0.6) is 5.75 Å². The average Bonchev–Trinajstić information content (AvgIpc) is 2.68. The van der Waals surface area contributed by atoms with Crippen molar-refractivity contribution < 1.29 is 9.53 Å². The zero-order valence-corrected chi connectivity index (χ0v) is 19.4. The molecule has 0 heterocycles. The van der Waals surface area contributed by atoms with E-state index in [1.54, 1.807) is 12.3 Å². The molecule has 0 fully saturated rings. The van der Waals surface area contributed by atoms with E-state index in [2.05, 4.69) is 42.2 Å². The summed E-state index contributed by atoms with van der Waals surface area (Å²) < 4.78 is 7.37. The van der Waals surface area contributed by atoms with E-state index in [0.717, 1.165) is 21.3 Å². The summed E-state index contributed by atoms with van der Waals surface area (Å²) in [6.45, 7) is 1.83. The monoisotopic (exact) mass is 534 g/mol. The first-order valence-corrected chi connectivity index (χ1v) is 10.7. The number of anilines is 1. The predicted octanol–water partition coefficient (Wildman–Crippen LogP) is 6.94. The highest BCUT2D eigenvalue weighted by atomic mass is 79.9. The number of para-hydroxylation sites is 1. The van der Waals surface area contributed by atoms with E-state index in [-0.39, 0.29) is 12.5 Å². The highest BCUT2D eigenvalue weighted by Crippen LogP contribution is 2.33. The van der Waals surface area contributed by atoms with Crippen molar-refractivity contribution in [2.45, 2.75) is 6.92 Å². The van der Waals surface area contributed by atoms with E-state index in [4.69, 9.17) is 16.3 Å². The molecule has 7 heteroatoms. The van der Waals surface area contributed by atoms with E-state index in [1.165, 1.54) is 0 Å². The molecular formula is C22H17Br2ClN2O2. The van der Waals surface area contributed by atoms with Crippen molar-refractivity contribution in [3.05, 3.63) is 85.8 Å². The van der Waals surface area contributed by atoms with Crippen LogP contribution in [-0.2, 0) is 4.79 Å². The van der Waals surface area contributed by atoms with Crippen LogP contribution in [0.4, 0.5) is 11.4 Å². The SMILES string of the molecule is Cc1ccc(Cl)cc1N=Cc1cc(Br)cc(Br)c1OCC(=O)Nc1ccccc1. The second-order valence-corrected chi connectivity index (χ2v) is 8.40. The topological polar surface area (TPSA) is 50.7 Å². The van der Waals surface area contributed by atoms with Crippen molar-refractivity contribution in [3.8, 4) is 5.75 Å². The normalized spacial score (nSPS) is 10.9. The molecule has 0 aromatic heterocycles. The lowest BCUT2D eigenvalue weighted by Gasteiger charge is -2.12. The molecule has 0 atom stereocenters. The van der Waals surface area contributed by atoms with Crippen LogP contribution in [-0.4, -0.2) is 18.7 Å². The van der Waals surface area contributed by atoms with Gasteiger partial charge in [-0.2, -0.15) is 0 Å². The first-order valence-electron chi connectivity index (χ1n) is 8.69. The second kappa shape index (κ2) is 10.1. The van der Waals surface area contributed by atoms with Crippen LogP contribution in [0.2, 0.25) is 5.02 Å². The van der Waals surface area contributed by atoms with Crippen LogP contribution in [0, 0.1) is 6.92 Å². The number of nitrogens with one attached hydrogen (secondary N) is 1. The number of rotatable bonds is 6. The standard InChI is InChI=1S/C22H17Br2ClN2O2/c1-14-7-8-17(25)11-20(14)26-12-15-9-16(23)10-19(24)22(15)29-13-21(28)27-18-5-3-2-4-6-18/h2-12H,13H2,1H3,(H,27,28). The molecule has 0 saturated carbocycles. The van der Waals surface area contributed by atoms with Gasteiger partial charge in [-0.25, -0.2) is 0 Å². The van der Waals surface area contributed by atoms with Gasteiger partial charge in [-0.05, 0) is 64.8 Å². The first kappa shape index (κ1) is 21.6. The Balaban J connectivity index is 1.79. The number of aliphatic imine (C=N–C) groups is 1. The van der Waals surface area contributed by atoms with Crippen molar-refractivity contribution in [2.24, 2.45) is 4.99 Å². The number of amides is 1. The van der Waals surface area contributed by atoms with Crippen LogP contribution in [0.3, 0.4) is 0 Å².